The van der Waals surface area contributed by atoms with Gasteiger partial charge in [0.25, 0.3) is 0 Å². The van der Waals surface area contributed by atoms with Crippen molar-refractivity contribution in [2.45, 2.75) is 19.0 Å². The average Bonchev–Trinajstić information content (AvgIpc) is 3.23. The lowest BCUT2D eigenvalue weighted by Gasteiger charge is -2.10. The van der Waals surface area contributed by atoms with E-state index in [1.165, 1.54) is 11.8 Å². The van der Waals surface area contributed by atoms with Crippen molar-refractivity contribution in [3.05, 3.63) is 95.1 Å². The fourth-order valence-electron chi connectivity index (χ4n) is 3.35. The zero-order valence-corrected chi connectivity index (χ0v) is 19.5. The number of aryl methyl sites for hydroxylation is 1. The minimum absolute atomic E-state index is 0.0467. The Balaban J connectivity index is 1.61. The lowest BCUT2D eigenvalue weighted by Crippen LogP contribution is -2.04. The number of para-hydroxylation sites is 1. The summed E-state index contributed by atoms with van der Waals surface area (Å²) in [6.45, 7) is 4.60. The minimum Gasteiger partial charge on any atom is -0.494 e. The number of aromatic nitrogens is 2. The van der Waals surface area contributed by atoms with Crippen LogP contribution in [0.1, 0.15) is 22.8 Å². The van der Waals surface area contributed by atoms with E-state index < -0.39 is 0 Å². The zero-order valence-electron chi connectivity index (χ0n) is 17.9. The molecule has 6 heteroatoms. The smallest absolute Gasteiger partial charge is 0.173 e. The second kappa shape index (κ2) is 10.1. The topological polar surface area (TPSA) is 44.1 Å². The van der Waals surface area contributed by atoms with Crippen LogP contribution in [0.25, 0.3) is 16.9 Å². The van der Waals surface area contributed by atoms with E-state index in [2.05, 4.69) is 23.6 Å². The van der Waals surface area contributed by atoms with Crippen LogP contribution in [-0.4, -0.2) is 27.7 Å². The second-order valence-electron chi connectivity index (χ2n) is 7.24. The van der Waals surface area contributed by atoms with E-state index in [4.69, 9.17) is 21.3 Å². The Morgan fingerprint density at radius 3 is 2.44 bits per heavy atom. The predicted molar refractivity (Wildman–Crippen MR) is 131 cm³/mol. The number of hydrogen-bond donors (Lipinski definition) is 0. The molecule has 0 amide bonds. The number of carbonyl (C=O) groups is 1. The molecule has 1 aromatic heterocycles. The Labute approximate surface area is 197 Å². The summed E-state index contributed by atoms with van der Waals surface area (Å²) in [5.74, 6) is 1.10. The van der Waals surface area contributed by atoms with Gasteiger partial charge >= 0.3 is 0 Å². The summed E-state index contributed by atoms with van der Waals surface area (Å²) in [5, 5.41) is 1.45. The van der Waals surface area contributed by atoms with Crippen LogP contribution in [0, 0.1) is 6.92 Å². The van der Waals surface area contributed by atoms with E-state index in [9.17, 15) is 4.79 Å². The number of imidazole rings is 1. The first-order valence-corrected chi connectivity index (χ1v) is 11.7. The summed E-state index contributed by atoms with van der Waals surface area (Å²) in [4.78, 5) is 17.6. The van der Waals surface area contributed by atoms with E-state index in [0.29, 0.717) is 17.2 Å². The van der Waals surface area contributed by atoms with Crippen molar-refractivity contribution in [1.29, 1.82) is 0 Å². The molecule has 0 bridgehead atoms. The number of Topliss-reactive ketones (excluding diaryl/α,β-unsaturated/α-hetero) is 1. The predicted octanol–water partition coefficient (Wildman–Crippen LogP) is 6.87. The van der Waals surface area contributed by atoms with Gasteiger partial charge in [0.15, 0.2) is 10.9 Å². The highest BCUT2D eigenvalue weighted by Gasteiger charge is 2.16. The molecule has 32 heavy (non-hydrogen) atoms. The number of halogens is 1. The van der Waals surface area contributed by atoms with E-state index >= 15 is 0 Å². The first kappa shape index (κ1) is 22.2. The van der Waals surface area contributed by atoms with Crippen LogP contribution >= 0.6 is 23.4 Å². The number of nitrogens with zero attached hydrogens (tertiary/aromatic N) is 2. The number of ketones is 1. The van der Waals surface area contributed by atoms with Crippen molar-refractivity contribution in [1.82, 2.24) is 9.55 Å². The molecule has 0 aliphatic rings. The van der Waals surface area contributed by atoms with Crippen molar-refractivity contribution in [2.24, 2.45) is 0 Å². The van der Waals surface area contributed by atoms with Crippen molar-refractivity contribution in [2.75, 3.05) is 12.4 Å². The SMILES string of the molecule is CCOc1ccc(C(=O)CSc2nc(-c3ccc(Cl)cc3)cn2-c2ccccc2C)cc1. The summed E-state index contributed by atoms with van der Waals surface area (Å²) in [6, 6.07) is 23.0. The number of benzene rings is 3. The maximum absolute atomic E-state index is 12.8. The largest absolute Gasteiger partial charge is 0.494 e. The van der Waals surface area contributed by atoms with Crippen molar-refractivity contribution >= 4 is 29.1 Å². The minimum atomic E-state index is 0.0467. The normalized spacial score (nSPS) is 10.8. The average molecular weight is 463 g/mol. The van der Waals surface area contributed by atoms with Crippen molar-refractivity contribution in [3.63, 3.8) is 0 Å². The van der Waals surface area contributed by atoms with E-state index in [0.717, 1.165) is 33.4 Å². The molecule has 0 aliphatic carbocycles. The number of rotatable bonds is 8. The number of carbonyl (C=O) groups excluding carboxylic acids is 1. The Morgan fingerprint density at radius 1 is 1.03 bits per heavy atom. The zero-order chi connectivity index (χ0) is 22.5. The molecule has 0 saturated carbocycles. The molecule has 0 saturated heterocycles. The molecule has 4 aromatic rings. The van der Waals surface area contributed by atoms with Crippen LogP contribution in [0.5, 0.6) is 5.75 Å². The first-order valence-electron chi connectivity index (χ1n) is 10.4. The Morgan fingerprint density at radius 2 is 1.75 bits per heavy atom. The van der Waals surface area contributed by atoms with Gasteiger partial charge in [-0.3, -0.25) is 9.36 Å². The van der Waals surface area contributed by atoms with Crippen LogP contribution in [0.3, 0.4) is 0 Å². The fourth-order valence-corrected chi connectivity index (χ4v) is 4.35. The molecule has 1 heterocycles. The third-order valence-corrected chi connectivity index (χ3v) is 6.21. The molecule has 162 valence electrons. The quantitative estimate of drug-likeness (QED) is 0.211. The van der Waals surface area contributed by atoms with Gasteiger partial charge in [-0.2, -0.15) is 0 Å². The van der Waals surface area contributed by atoms with Crippen LogP contribution in [0.2, 0.25) is 5.02 Å². The lowest BCUT2D eigenvalue weighted by molar-refractivity contribution is 0.102. The maximum Gasteiger partial charge on any atom is 0.173 e. The van der Waals surface area contributed by atoms with Crippen LogP contribution in [-0.2, 0) is 0 Å². The van der Waals surface area contributed by atoms with Gasteiger partial charge in [-0.25, -0.2) is 4.98 Å². The fraction of sp³-hybridized carbons (Fsp3) is 0.154. The number of hydrogen-bond acceptors (Lipinski definition) is 4. The molecule has 0 N–H and O–H groups in total. The van der Waals surface area contributed by atoms with E-state index in [-0.39, 0.29) is 11.5 Å². The third-order valence-electron chi connectivity index (χ3n) is 5.01. The van der Waals surface area contributed by atoms with E-state index in [1.54, 1.807) is 12.1 Å². The molecular weight excluding hydrogens is 440 g/mol. The summed E-state index contributed by atoms with van der Waals surface area (Å²) in [5.41, 5.74) is 4.64. The highest BCUT2D eigenvalue weighted by molar-refractivity contribution is 7.99. The third kappa shape index (κ3) is 5.06. The molecule has 0 radical (unpaired) electrons. The van der Waals surface area contributed by atoms with E-state index in [1.807, 2.05) is 61.7 Å². The molecule has 0 spiro atoms. The molecule has 4 rings (SSSR count). The molecule has 3 aromatic carbocycles. The molecule has 0 atom stereocenters. The van der Waals surface area contributed by atoms with Gasteiger partial charge in [0.2, 0.25) is 0 Å². The highest BCUT2D eigenvalue weighted by Crippen LogP contribution is 2.29. The summed E-state index contributed by atoms with van der Waals surface area (Å²) in [7, 11) is 0. The van der Waals surface area contributed by atoms with Gasteiger partial charge in [-0.1, -0.05) is 53.7 Å². The van der Waals surface area contributed by atoms with Crippen LogP contribution in [0.4, 0.5) is 0 Å². The van der Waals surface area contributed by atoms with Gasteiger partial charge in [0.05, 0.1) is 23.7 Å². The Hall–Kier alpha value is -3.02. The first-order chi connectivity index (χ1) is 15.5. The molecule has 4 nitrogen and oxygen atoms in total. The second-order valence-corrected chi connectivity index (χ2v) is 8.62. The molecule has 0 aliphatic heterocycles. The molecular formula is C26H23ClN2O2S. The van der Waals surface area contributed by atoms with Crippen molar-refractivity contribution < 1.29 is 9.53 Å². The summed E-state index contributed by atoms with van der Waals surface area (Å²) >= 11 is 7.48. The van der Waals surface area contributed by atoms with Crippen molar-refractivity contribution in [3.8, 4) is 22.7 Å². The Kier molecular flexibility index (Phi) is 6.98. The van der Waals surface area contributed by atoms with Gasteiger partial charge in [0, 0.05) is 22.3 Å². The number of thioether (sulfide) groups is 1. The van der Waals surface area contributed by atoms with Crippen LogP contribution < -0.4 is 4.74 Å². The standard InChI is InChI=1S/C26H23ClN2O2S/c1-3-31-22-14-10-20(11-15-22)25(30)17-32-26-28-23(19-8-12-21(27)13-9-19)16-29(26)24-7-5-4-6-18(24)2/h4-16H,3,17H2,1-2H3. The maximum atomic E-state index is 12.8. The van der Waals surface area contributed by atoms with Gasteiger partial charge in [-0.15, -0.1) is 0 Å². The number of ether oxygens (including phenoxy) is 1. The summed E-state index contributed by atoms with van der Waals surface area (Å²) in [6.07, 6.45) is 2.01. The molecule has 0 fully saturated rings. The summed E-state index contributed by atoms with van der Waals surface area (Å²) < 4.78 is 7.51. The monoisotopic (exact) mass is 462 g/mol. The van der Waals surface area contributed by atoms with Crippen LogP contribution in [0.15, 0.2) is 84.1 Å². The Bertz CT molecular complexity index is 1220. The lowest BCUT2D eigenvalue weighted by atomic mass is 10.1. The molecule has 0 unspecified atom stereocenters. The highest BCUT2D eigenvalue weighted by atomic mass is 35.5. The van der Waals surface area contributed by atoms with Gasteiger partial charge in [0.1, 0.15) is 5.75 Å². The van der Waals surface area contributed by atoms with Gasteiger partial charge < -0.3 is 4.74 Å². The van der Waals surface area contributed by atoms with Gasteiger partial charge in [-0.05, 0) is 61.9 Å².